The quantitative estimate of drug-likeness (QED) is 0.767. The highest BCUT2D eigenvalue weighted by Crippen LogP contribution is 2.36. The van der Waals surface area contributed by atoms with E-state index in [0.717, 1.165) is 11.3 Å². The van der Waals surface area contributed by atoms with Crippen LogP contribution in [0.15, 0.2) is 18.2 Å². The van der Waals surface area contributed by atoms with Crippen LogP contribution in [0.25, 0.3) is 0 Å². The van der Waals surface area contributed by atoms with Crippen LogP contribution < -0.4 is 9.47 Å². The lowest BCUT2D eigenvalue weighted by Crippen LogP contribution is -2.08. The van der Waals surface area contributed by atoms with Crippen molar-refractivity contribution in [3.63, 3.8) is 0 Å². The van der Waals surface area contributed by atoms with Crippen molar-refractivity contribution in [1.82, 2.24) is 0 Å². The van der Waals surface area contributed by atoms with E-state index in [1.165, 1.54) is 0 Å². The second-order valence-corrected chi connectivity index (χ2v) is 3.73. The van der Waals surface area contributed by atoms with Gasteiger partial charge in [0.25, 0.3) is 0 Å². The Hall–Kier alpha value is -0.930. The molecule has 1 aliphatic heterocycles. The minimum atomic E-state index is -0.586. The molecule has 1 heterocycles. The van der Waals surface area contributed by atoms with Gasteiger partial charge in [0, 0.05) is 0 Å². The number of rotatable bonds is 2. The summed E-state index contributed by atoms with van der Waals surface area (Å²) in [5.74, 6) is 1.41. The van der Waals surface area contributed by atoms with Crippen molar-refractivity contribution >= 4 is 11.6 Å². The molecule has 0 saturated carbocycles. The van der Waals surface area contributed by atoms with Gasteiger partial charge in [-0.15, -0.1) is 11.6 Å². The van der Waals surface area contributed by atoms with E-state index in [0.29, 0.717) is 5.75 Å². The minimum absolute atomic E-state index is 0.250. The third-order valence-electron chi connectivity index (χ3n) is 2.14. The first kappa shape index (κ1) is 9.62. The lowest BCUT2D eigenvalue weighted by Gasteiger charge is -2.12. The van der Waals surface area contributed by atoms with Crippen molar-refractivity contribution in [3.05, 3.63) is 23.8 Å². The van der Waals surface area contributed by atoms with Gasteiger partial charge in [-0.05, 0) is 24.6 Å². The van der Waals surface area contributed by atoms with Crippen LogP contribution >= 0.6 is 11.6 Å². The zero-order chi connectivity index (χ0) is 10.1. The maximum atomic E-state index is 9.32. The maximum absolute atomic E-state index is 9.32. The van der Waals surface area contributed by atoms with E-state index in [2.05, 4.69) is 0 Å². The highest BCUT2D eigenvalue weighted by molar-refractivity contribution is 6.21. The highest BCUT2D eigenvalue weighted by atomic mass is 35.5. The Balaban J connectivity index is 2.28. The number of halogens is 1. The Morgan fingerprint density at radius 2 is 2.07 bits per heavy atom. The first-order chi connectivity index (χ1) is 6.68. The van der Waals surface area contributed by atoms with E-state index in [1.807, 2.05) is 6.07 Å². The van der Waals surface area contributed by atoms with Crippen LogP contribution in [0.3, 0.4) is 0 Å². The van der Waals surface area contributed by atoms with Crippen molar-refractivity contribution in [2.75, 3.05) is 6.79 Å². The van der Waals surface area contributed by atoms with Gasteiger partial charge in [-0.2, -0.15) is 0 Å². The Labute approximate surface area is 87.2 Å². The van der Waals surface area contributed by atoms with Crippen molar-refractivity contribution in [1.29, 1.82) is 0 Å². The van der Waals surface area contributed by atoms with Crippen LogP contribution in [0.5, 0.6) is 11.5 Å². The van der Waals surface area contributed by atoms with Gasteiger partial charge in [0.05, 0.1) is 11.5 Å². The number of benzene rings is 1. The summed E-state index contributed by atoms with van der Waals surface area (Å²) in [4.78, 5) is 0. The molecule has 1 N–H and O–H groups in total. The molecular weight excluding hydrogens is 204 g/mol. The number of aliphatic hydroxyl groups is 1. The van der Waals surface area contributed by atoms with Crippen LogP contribution in [0, 0.1) is 0 Å². The maximum Gasteiger partial charge on any atom is 0.231 e. The summed E-state index contributed by atoms with van der Waals surface area (Å²) in [6.45, 7) is 1.91. The Bertz CT molecular complexity index is 338. The van der Waals surface area contributed by atoms with Gasteiger partial charge >= 0.3 is 0 Å². The SMILES string of the molecule is CC(O)C(Cl)c1ccc2c(c1)OCO2. The molecule has 3 nitrogen and oxygen atoms in total. The van der Waals surface area contributed by atoms with E-state index < -0.39 is 11.5 Å². The number of fused-ring (bicyclic) bond motifs is 1. The van der Waals surface area contributed by atoms with E-state index in [9.17, 15) is 5.11 Å². The molecule has 0 fully saturated rings. The smallest absolute Gasteiger partial charge is 0.231 e. The average Bonchev–Trinajstić information content (AvgIpc) is 2.62. The molecule has 2 rings (SSSR count). The van der Waals surface area contributed by atoms with E-state index >= 15 is 0 Å². The summed E-state index contributed by atoms with van der Waals surface area (Å²) in [6, 6.07) is 5.43. The Kier molecular flexibility index (Phi) is 2.52. The fourth-order valence-electron chi connectivity index (χ4n) is 1.36. The normalized spacial score (nSPS) is 17.9. The predicted octanol–water partition coefficient (Wildman–Crippen LogP) is 2.08. The molecular formula is C10H11ClO3. The third-order valence-corrected chi connectivity index (χ3v) is 2.76. The van der Waals surface area contributed by atoms with Crippen molar-refractivity contribution in [2.24, 2.45) is 0 Å². The molecule has 76 valence electrons. The first-order valence-corrected chi connectivity index (χ1v) is 4.84. The molecule has 1 aromatic carbocycles. The van der Waals surface area contributed by atoms with Crippen LogP contribution in [0.4, 0.5) is 0 Å². The van der Waals surface area contributed by atoms with Gasteiger partial charge in [-0.1, -0.05) is 6.07 Å². The Morgan fingerprint density at radius 1 is 1.36 bits per heavy atom. The highest BCUT2D eigenvalue weighted by Gasteiger charge is 2.19. The summed E-state index contributed by atoms with van der Waals surface area (Å²) in [5.41, 5.74) is 0.839. The van der Waals surface area contributed by atoms with Crippen molar-refractivity contribution in [2.45, 2.75) is 18.4 Å². The summed E-state index contributed by atoms with van der Waals surface area (Å²) in [7, 11) is 0. The fourth-order valence-corrected chi connectivity index (χ4v) is 1.50. The third kappa shape index (κ3) is 1.65. The first-order valence-electron chi connectivity index (χ1n) is 4.40. The van der Waals surface area contributed by atoms with E-state index in [4.69, 9.17) is 21.1 Å². The molecule has 0 bridgehead atoms. The van der Waals surface area contributed by atoms with Gasteiger partial charge in [0.1, 0.15) is 0 Å². The topological polar surface area (TPSA) is 38.7 Å². The molecule has 0 aromatic heterocycles. The largest absolute Gasteiger partial charge is 0.454 e. The number of ether oxygens (including phenoxy) is 2. The molecule has 0 radical (unpaired) electrons. The Morgan fingerprint density at radius 3 is 2.79 bits per heavy atom. The number of alkyl halides is 1. The van der Waals surface area contributed by atoms with Gasteiger partial charge in [-0.3, -0.25) is 0 Å². The summed E-state index contributed by atoms with van der Waals surface area (Å²) in [6.07, 6.45) is -0.586. The lowest BCUT2D eigenvalue weighted by molar-refractivity contribution is 0.173. The fraction of sp³-hybridized carbons (Fsp3) is 0.400. The van der Waals surface area contributed by atoms with Gasteiger partial charge < -0.3 is 14.6 Å². The molecule has 1 aliphatic rings. The predicted molar refractivity (Wildman–Crippen MR) is 52.8 cm³/mol. The van der Waals surface area contributed by atoms with Gasteiger partial charge in [0.2, 0.25) is 6.79 Å². The summed E-state index contributed by atoms with van der Waals surface area (Å²) < 4.78 is 10.4. The summed E-state index contributed by atoms with van der Waals surface area (Å²) >= 11 is 6.00. The van der Waals surface area contributed by atoms with Gasteiger partial charge in [0.15, 0.2) is 11.5 Å². The lowest BCUT2D eigenvalue weighted by atomic mass is 10.1. The van der Waals surface area contributed by atoms with Crippen LogP contribution in [-0.2, 0) is 0 Å². The number of aliphatic hydroxyl groups excluding tert-OH is 1. The number of hydrogen-bond donors (Lipinski definition) is 1. The van der Waals surface area contributed by atoms with Crippen LogP contribution in [-0.4, -0.2) is 18.0 Å². The monoisotopic (exact) mass is 214 g/mol. The molecule has 0 amide bonds. The average molecular weight is 215 g/mol. The zero-order valence-corrected chi connectivity index (χ0v) is 8.49. The molecule has 0 saturated heterocycles. The second-order valence-electron chi connectivity index (χ2n) is 3.26. The van der Waals surface area contributed by atoms with Crippen LogP contribution in [0.1, 0.15) is 17.9 Å². The minimum Gasteiger partial charge on any atom is -0.454 e. The molecule has 0 spiro atoms. The van der Waals surface area contributed by atoms with Crippen LogP contribution in [0.2, 0.25) is 0 Å². The molecule has 2 unspecified atom stereocenters. The standard InChI is InChI=1S/C10H11ClO3/c1-6(12)10(11)7-2-3-8-9(4-7)14-5-13-8/h2-4,6,10,12H,5H2,1H3. The van der Waals surface area contributed by atoms with E-state index in [1.54, 1.807) is 19.1 Å². The van der Waals surface area contributed by atoms with Crippen molar-refractivity contribution < 1.29 is 14.6 Å². The summed E-state index contributed by atoms with van der Waals surface area (Å²) in [5, 5.41) is 8.91. The zero-order valence-electron chi connectivity index (χ0n) is 7.74. The van der Waals surface area contributed by atoms with Crippen molar-refractivity contribution in [3.8, 4) is 11.5 Å². The number of hydrogen-bond acceptors (Lipinski definition) is 3. The second kappa shape index (κ2) is 3.67. The van der Waals surface area contributed by atoms with E-state index in [-0.39, 0.29) is 6.79 Å². The molecule has 2 atom stereocenters. The van der Waals surface area contributed by atoms with Gasteiger partial charge in [-0.25, -0.2) is 0 Å². The molecule has 4 heteroatoms. The molecule has 1 aromatic rings. The molecule has 0 aliphatic carbocycles. The molecule has 14 heavy (non-hydrogen) atoms.